The standard InChI is InChI=1S/C24H28N4O3/c1-30-23-10-6-20(7-11-23)18-28(31-17-16-29)27-14-12-26(13-15-27)19-22-9-8-21-4-2-3-5-24(21)25-22/h2-11,16H,12-15,17-19H2,1H3. The molecule has 1 saturated heterocycles. The van der Waals surface area contributed by atoms with Crippen LogP contribution in [0.2, 0.25) is 0 Å². The largest absolute Gasteiger partial charge is 0.497 e. The Labute approximate surface area is 182 Å². The molecule has 0 saturated carbocycles. The Morgan fingerprint density at radius 1 is 1.00 bits per heavy atom. The highest BCUT2D eigenvalue weighted by Crippen LogP contribution is 2.17. The highest BCUT2D eigenvalue weighted by Gasteiger charge is 2.23. The quantitative estimate of drug-likeness (QED) is 0.390. The summed E-state index contributed by atoms with van der Waals surface area (Å²) in [5, 5.41) is 5.14. The number of fused-ring (bicyclic) bond motifs is 1. The fourth-order valence-corrected chi connectivity index (χ4v) is 3.77. The average Bonchev–Trinajstić information content (AvgIpc) is 2.82. The predicted molar refractivity (Wildman–Crippen MR) is 119 cm³/mol. The van der Waals surface area contributed by atoms with Gasteiger partial charge in [0, 0.05) is 38.1 Å². The number of hydrogen-bond acceptors (Lipinski definition) is 7. The van der Waals surface area contributed by atoms with Crippen LogP contribution in [-0.2, 0) is 22.7 Å². The lowest BCUT2D eigenvalue weighted by molar-refractivity contribution is -0.292. The monoisotopic (exact) mass is 420 g/mol. The smallest absolute Gasteiger partial charge is 0.147 e. The summed E-state index contributed by atoms with van der Waals surface area (Å²) in [5.74, 6) is 0.819. The highest BCUT2D eigenvalue weighted by atomic mass is 16.7. The number of piperazine rings is 1. The normalized spacial score (nSPS) is 15.4. The number of hydroxylamine groups is 1. The molecule has 0 aliphatic carbocycles. The Balaban J connectivity index is 1.35. The molecule has 0 amide bonds. The third kappa shape index (κ3) is 5.65. The van der Waals surface area contributed by atoms with Gasteiger partial charge in [-0.2, -0.15) is 0 Å². The summed E-state index contributed by atoms with van der Waals surface area (Å²) in [5.41, 5.74) is 3.21. The van der Waals surface area contributed by atoms with Crippen molar-refractivity contribution in [2.24, 2.45) is 0 Å². The van der Waals surface area contributed by atoms with Crippen LogP contribution in [0.3, 0.4) is 0 Å². The van der Waals surface area contributed by atoms with Crippen LogP contribution in [-0.4, -0.2) is 66.2 Å². The van der Waals surface area contributed by atoms with Crippen LogP contribution in [0.5, 0.6) is 5.75 Å². The van der Waals surface area contributed by atoms with Crippen LogP contribution < -0.4 is 4.74 Å². The van der Waals surface area contributed by atoms with E-state index in [1.807, 2.05) is 41.6 Å². The molecule has 7 nitrogen and oxygen atoms in total. The first kappa shape index (κ1) is 21.4. The summed E-state index contributed by atoms with van der Waals surface area (Å²) in [6.07, 6.45) is 0.780. The van der Waals surface area contributed by atoms with E-state index in [4.69, 9.17) is 14.6 Å². The number of para-hydroxylation sites is 1. The number of ether oxygens (including phenoxy) is 1. The van der Waals surface area contributed by atoms with E-state index >= 15 is 0 Å². The predicted octanol–water partition coefficient (Wildman–Crippen LogP) is 2.91. The first-order chi connectivity index (χ1) is 15.2. The molecule has 0 unspecified atom stereocenters. The molecule has 3 aromatic rings. The minimum absolute atomic E-state index is 0.0391. The van der Waals surface area contributed by atoms with Gasteiger partial charge in [0.15, 0.2) is 0 Å². The number of carbonyl (C=O) groups excluding carboxylic acids is 1. The van der Waals surface area contributed by atoms with E-state index in [2.05, 4.69) is 34.2 Å². The zero-order chi connectivity index (χ0) is 21.5. The second kappa shape index (κ2) is 10.5. The van der Waals surface area contributed by atoms with E-state index in [1.165, 1.54) is 0 Å². The van der Waals surface area contributed by atoms with Crippen LogP contribution >= 0.6 is 0 Å². The molecule has 0 radical (unpaired) electrons. The van der Waals surface area contributed by atoms with Crippen molar-refractivity contribution in [3.63, 3.8) is 0 Å². The molecular formula is C24H28N4O3. The van der Waals surface area contributed by atoms with E-state index in [-0.39, 0.29) is 6.61 Å². The fourth-order valence-electron chi connectivity index (χ4n) is 3.77. The van der Waals surface area contributed by atoms with Gasteiger partial charge < -0.3 is 9.53 Å². The number of rotatable bonds is 9. The summed E-state index contributed by atoms with van der Waals surface area (Å²) in [4.78, 5) is 23.8. The lowest BCUT2D eigenvalue weighted by Gasteiger charge is -2.39. The van der Waals surface area contributed by atoms with Gasteiger partial charge in [-0.3, -0.25) is 14.7 Å². The van der Waals surface area contributed by atoms with Crippen molar-refractivity contribution >= 4 is 17.2 Å². The van der Waals surface area contributed by atoms with Gasteiger partial charge in [0.1, 0.15) is 18.6 Å². The van der Waals surface area contributed by atoms with Crippen LogP contribution in [0.15, 0.2) is 60.7 Å². The van der Waals surface area contributed by atoms with Crippen LogP contribution in [0.25, 0.3) is 10.9 Å². The summed E-state index contributed by atoms with van der Waals surface area (Å²) in [6.45, 7) is 4.88. The molecule has 0 spiro atoms. The topological polar surface area (TPSA) is 58.1 Å². The molecule has 31 heavy (non-hydrogen) atoms. The van der Waals surface area contributed by atoms with Gasteiger partial charge in [0.25, 0.3) is 0 Å². The highest BCUT2D eigenvalue weighted by molar-refractivity contribution is 5.78. The maximum absolute atomic E-state index is 10.9. The number of aldehydes is 1. The van der Waals surface area contributed by atoms with Gasteiger partial charge in [-0.05, 0) is 29.8 Å². The average molecular weight is 421 g/mol. The van der Waals surface area contributed by atoms with Gasteiger partial charge in [0.05, 0.1) is 24.9 Å². The second-order valence-electron chi connectivity index (χ2n) is 7.55. The summed E-state index contributed by atoms with van der Waals surface area (Å²) in [7, 11) is 1.65. The van der Waals surface area contributed by atoms with E-state index < -0.39 is 0 Å². The zero-order valence-corrected chi connectivity index (χ0v) is 17.8. The van der Waals surface area contributed by atoms with Crippen molar-refractivity contribution < 1.29 is 14.4 Å². The molecule has 1 fully saturated rings. The molecule has 1 aliphatic rings. The van der Waals surface area contributed by atoms with Crippen molar-refractivity contribution in [3.05, 3.63) is 71.9 Å². The van der Waals surface area contributed by atoms with E-state index in [1.54, 1.807) is 7.11 Å². The number of carbonyl (C=O) groups is 1. The van der Waals surface area contributed by atoms with Crippen molar-refractivity contribution in [3.8, 4) is 5.75 Å². The summed E-state index contributed by atoms with van der Waals surface area (Å²) < 4.78 is 5.23. The van der Waals surface area contributed by atoms with Crippen molar-refractivity contribution in [2.75, 3.05) is 39.9 Å². The molecule has 1 aromatic heterocycles. The Morgan fingerprint density at radius 3 is 2.52 bits per heavy atom. The Morgan fingerprint density at radius 2 is 1.77 bits per heavy atom. The summed E-state index contributed by atoms with van der Waals surface area (Å²) in [6, 6.07) is 20.3. The number of hydrazine groups is 1. The molecule has 7 heteroatoms. The third-order valence-corrected chi connectivity index (χ3v) is 5.47. The van der Waals surface area contributed by atoms with Crippen LogP contribution in [0, 0.1) is 0 Å². The van der Waals surface area contributed by atoms with E-state index in [9.17, 15) is 4.79 Å². The van der Waals surface area contributed by atoms with Crippen molar-refractivity contribution in [1.29, 1.82) is 0 Å². The molecule has 0 bridgehead atoms. The number of hydrogen-bond donors (Lipinski definition) is 0. The zero-order valence-electron chi connectivity index (χ0n) is 17.8. The number of benzene rings is 2. The van der Waals surface area contributed by atoms with Crippen LogP contribution in [0.4, 0.5) is 0 Å². The molecule has 162 valence electrons. The van der Waals surface area contributed by atoms with Crippen LogP contribution in [0.1, 0.15) is 11.3 Å². The van der Waals surface area contributed by atoms with Gasteiger partial charge in [-0.15, -0.1) is 5.17 Å². The Bertz CT molecular complexity index is 988. The molecule has 1 aliphatic heterocycles. The molecule has 0 atom stereocenters. The molecule has 4 rings (SSSR count). The Hall–Kier alpha value is -2.84. The number of methoxy groups -OCH3 is 1. The number of aromatic nitrogens is 1. The lowest BCUT2D eigenvalue weighted by Crippen LogP contribution is -2.53. The third-order valence-electron chi connectivity index (χ3n) is 5.47. The minimum atomic E-state index is 0.0391. The molecular weight excluding hydrogens is 392 g/mol. The lowest BCUT2D eigenvalue weighted by atomic mass is 10.2. The first-order valence-corrected chi connectivity index (χ1v) is 10.5. The number of pyridine rings is 1. The van der Waals surface area contributed by atoms with E-state index in [0.717, 1.165) is 66.9 Å². The van der Waals surface area contributed by atoms with Gasteiger partial charge in [0.2, 0.25) is 0 Å². The fraction of sp³-hybridized carbons (Fsp3) is 0.333. The van der Waals surface area contributed by atoms with Crippen molar-refractivity contribution in [1.82, 2.24) is 20.1 Å². The molecule has 0 N–H and O–H groups in total. The second-order valence-corrected chi connectivity index (χ2v) is 7.55. The number of nitrogens with zero attached hydrogens (tertiary/aromatic N) is 4. The maximum Gasteiger partial charge on any atom is 0.147 e. The summed E-state index contributed by atoms with van der Waals surface area (Å²) >= 11 is 0. The maximum atomic E-state index is 10.9. The van der Waals surface area contributed by atoms with Crippen molar-refractivity contribution in [2.45, 2.75) is 13.1 Å². The van der Waals surface area contributed by atoms with Gasteiger partial charge in [-0.1, -0.05) is 36.4 Å². The molecule has 2 heterocycles. The first-order valence-electron chi connectivity index (χ1n) is 10.5. The Kier molecular flexibility index (Phi) is 7.22. The molecule has 2 aromatic carbocycles. The minimum Gasteiger partial charge on any atom is -0.497 e. The van der Waals surface area contributed by atoms with Gasteiger partial charge >= 0.3 is 0 Å². The van der Waals surface area contributed by atoms with E-state index in [0.29, 0.717) is 6.54 Å². The van der Waals surface area contributed by atoms with Gasteiger partial charge in [-0.25, -0.2) is 5.01 Å². The SMILES string of the molecule is COc1ccc(CN(OCC=O)N2CCN(Cc3ccc4ccccc4n3)CC2)cc1.